The molecule has 0 aliphatic carbocycles. The van der Waals surface area contributed by atoms with Crippen LogP contribution in [0.2, 0.25) is 0 Å². The number of fused-ring (bicyclic) bond motifs is 1. The van der Waals surface area contributed by atoms with Gasteiger partial charge in [0.25, 0.3) is 0 Å². The Bertz CT molecular complexity index is 1120. The number of guanidine groups is 1. The molecule has 2 heterocycles. The molecule has 0 aliphatic heterocycles. The summed E-state index contributed by atoms with van der Waals surface area (Å²) in [6.07, 6.45) is 3.77. The molecule has 30 heavy (non-hydrogen) atoms. The lowest BCUT2D eigenvalue weighted by Crippen LogP contribution is -2.36. The van der Waals surface area contributed by atoms with Crippen molar-refractivity contribution in [2.45, 2.75) is 26.6 Å². The monoisotopic (exact) mass is 515 g/mol. The van der Waals surface area contributed by atoms with Gasteiger partial charge < -0.3 is 15.1 Å². The van der Waals surface area contributed by atoms with Gasteiger partial charge in [-0.1, -0.05) is 42.5 Å². The Balaban J connectivity index is 0.00000256. The van der Waals surface area contributed by atoms with Crippen LogP contribution in [0.1, 0.15) is 22.5 Å². The minimum atomic E-state index is 0. The van der Waals surface area contributed by atoms with Crippen LogP contribution >= 0.6 is 24.0 Å². The van der Waals surface area contributed by atoms with Crippen molar-refractivity contribution in [2.24, 2.45) is 4.99 Å². The molecule has 0 unspecified atom stereocenters. The number of rotatable bonds is 6. The van der Waals surface area contributed by atoms with Crippen LogP contribution in [0.5, 0.6) is 0 Å². The standard InChI is InChI=1S/C23H25N5O.HI/c1-17-20-10-5-6-11-21(20)29-22(17)15-26-23(24-2)25-14-18-8-3-4-9-19(18)16-28-13-7-12-27-28;/h3-13H,14-16H2,1-2H3,(H2,24,25,26);1H. The maximum atomic E-state index is 5.98. The first-order valence-corrected chi connectivity index (χ1v) is 9.70. The van der Waals surface area contributed by atoms with Gasteiger partial charge in [0.2, 0.25) is 0 Å². The van der Waals surface area contributed by atoms with Crippen molar-refractivity contribution in [3.63, 3.8) is 0 Å². The van der Waals surface area contributed by atoms with Gasteiger partial charge in [-0.25, -0.2) is 0 Å². The summed E-state index contributed by atoms with van der Waals surface area (Å²) in [7, 11) is 1.77. The van der Waals surface area contributed by atoms with Gasteiger partial charge in [0, 0.05) is 36.9 Å². The fraction of sp³-hybridized carbons (Fsp3) is 0.217. The largest absolute Gasteiger partial charge is 0.459 e. The second-order valence-electron chi connectivity index (χ2n) is 6.90. The molecule has 4 rings (SSSR count). The van der Waals surface area contributed by atoms with Crippen molar-refractivity contribution in [3.8, 4) is 0 Å². The third-order valence-corrected chi connectivity index (χ3v) is 5.04. The normalized spacial score (nSPS) is 11.3. The molecule has 2 N–H and O–H groups in total. The fourth-order valence-electron chi connectivity index (χ4n) is 3.41. The van der Waals surface area contributed by atoms with Crippen LogP contribution in [0.4, 0.5) is 0 Å². The lowest BCUT2D eigenvalue weighted by atomic mass is 10.1. The maximum Gasteiger partial charge on any atom is 0.191 e. The highest BCUT2D eigenvalue weighted by Gasteiger charge is 2.10. The van der Waals surface area contributed by atoms with Crippen LogP contribution in [-0.4, -0.2) is 22.8 Å². The molecule has 0 saturated carbocycles. The number of para-hydroxylation sites is 1. The number of nitrogens with zero attached hydrogens (tertiary/aromatic N) is 3. The first-order valence-electron chi connectivity index (χ1n) is 9.70. The first-order chi connectivity index (χ1) is 14.2. The molecule has 0 aliphatic rings. The lowest BCUT2D eigenvalue weighted by Gasteiger charge is -2.14. The Hall–Kier alpha value is -2.81. The Labute approximate surface area is 193 Å². The van der Waals surface area contributed by atoms with Gasteiger partial charge in [0.05, 0.1) is 13.1 Å². The molecule has 0 saturated heterocycles. The third-order valence-electron chi connectivity index (χ3n) is 5.04. The zero-order valence-corrected chi connectivity index (χ0v) is 19.5. The predicted molar refractivity (Wildman–Crippen MR) is 131 cm³/mol. The number of furan rings is 1. The SMILES string of the molecule is CN=C(NCc1ccccc1Cn1cccn1)NCc1oc2ccccc2c1C.I. The van der Waals surface area contributed by atoms with Crippen LogP contribution in [0.3, 0.4) is 0 Å². The zero-order chi connectivity index (χ0) is 20.1. The number of halogens is 1. The summed E-state index contributed by atoms with van der Waals surface area (Å²) in [5, 5.41) is 12.2. The Morgan fingerprint density at radius 2 is 1.73 bits per heavy atom. The summed E-state index contributed by atoms with van der Waals surface area (Å²) in [4.78, 5) is 4.34. The van der Waals surface area contributed by atoms with Crippen molar-refractivity contribution >= 4 is 40.9 Å². The van der Waals surface area contributed by atoms with Gasteiger partial charge in [-0.3, -0.25) is 9.67 Å². The molecular formula is C23H26IN5O. The van der Waals surface area contributed by atoms with E-state index in [9.17, 15) is 0 Å². The second kappa shape index (κ2) is 10.3. The summed E-state index contributed by atoms with van der Waals surface area (Å²) in [6, 6.07) is 18.4. The minimum Gasteiger partial charge on any atom is -0.459 e. The molecule has 4 aromatic rings. The molecule has 2 aromatic heterocycles. The van der Waals surface area contributed by atoms with E-state index in [1.165, 1.54) is 11.1 Å². The van der Waals surface area contributed by atoms with Gasteiger partial charge >= 0.3 is 0 Å². The molecule has 0 amide bonds. The number of hydrogen-bond donors (Lipinski definition) is 2. The van der Waals surface area contributed by atoms with Crippen LogP contribution in [0.15, 0.2) is 76.4 Å². The summed E-state index contributed by atoms with van der Waals surface area (Å²) >= 11 is 0. The summed E-state index contributed by atoms with van der Waals surface area (Å²) in [6.45, 7) is 4.09. The third kappa shape index (κ3) is 5.02. The fourth-order valence-corrected chi connectivity index (χ4v) is 3.41. The molecule has 0 radical (unpaired) electrons. The smallest absolute Gasteiger partial charge is 0.191 e. The van der Waals surface area contributed by atoms with Crippen molar-refractivity contribution < 1.29 is 4.42 Å². The van der Waals surface area contributed by atoms with E-state index in [4.69, 9.17) is 4.42 Å². The molecule has 2 aromatic carbocycles. The van der Waals surface area contributed by atoms with Crippen LogP contribution in [0, 0.1) is 6.92 Å². The summed E-state index contributed by atoms with van der Waals surface area (Å²) in [5.74, 6) is 1.66. The van der Waals surface area contributed by atoms with E-state index in [-0.39, 0.29) is 24.0 Å². The molecular weight excluding hydrogens is 489 g/mol. The van der Waals surface area contributed by atoms with Crippen molar-refractivity contribution in [1.82, 2.24) is 20.4 Å². The van der Waals surface area contributed by atoms with E-state index >= 15 is 0 Å². The van der Waals surface area contributed by atoms with Crippen molar-refractivity contribution in [2.75, 3.05) is 7.05 Å². The van der Waals surface area contributed by atoms with Gasteiger partial charge in [-0.05, 0) is 30.2 Å². The quantitative estimate of drug-likeness (QED) is 0.226. The van der Waals surface area contributed by atoms with Crippen LogP contribution in [0.25, 0.3) is 11.0 Å². The lowest BCUT2D eigenvalue weighted by molar-refractivity contribution is 0.534. The highest BCUT2D eigenvalue weighted by Crippen LogP contribution is 2.24. The number of hydrogen-bond acceptors (Lipinski definition) is 3. The number of aliphatic imine (C=N–C) groups is 1. The second-order valence-corrected chi connectivity index (χ2v) is 6.90. The zero-order valence-electron chi connectivity index (χ0n) is 17.1. The number of aromatic nitrogens is 2. The molecule has 0 atom stereocenters. The van der Waals surface area contributed by atoms with Crippen molar-refractivity contribution in [1.29, 1.82) is 0 Å². The summed E-state index contributed by atoms with van der Waals surface area (Å²) < 4.78 is 7.91. The molecule has 6 nitrogen and oxygen atoms in total. The number of benzene rings is 2. The van der Waals surface area contributed by atoms with Crippen LogP contribution < -0.4 is 10.6 Å². The van der Waals surface area contributed by atoms with E-state index in [2.05, 4.69) is 58.0 Å². The van der Waals surface area contributed by atoms with E-state index in [0.717, 1.165) is 34.8 Å². The molecule has 7 heteroatoms. The number of aryl methyl sites for hydroxylation is 1. The topological polar surface area (TPSA) is 67.4 Å². The minimum absolute atomic E-state index is 0. The Morgan fingerprint density at radius 3 is 2.47 bits per heavy atom. The Morgan fingerprint density at radius 1 is 1.00 bits per heavy atom. The first kappa shape index (κ1) is 21.9. The maximum absolute atomic E-state index is 5.98. The van der Waals surface area contributed by atoms with Crippen LogP contribution in [-0.2, 0) is 19.6 Å². The van der Waals surface area contributed by atoms with Crippen molar-refractivity contribution in [3.05, 3.63) is 89.4 Å². The molecule has 0 bridgehead atoms. The average molecular weight is 515 g/mol. The highest BCUT2D eigenvalue weighted by molar-refractivity contribution is 14.0. The van der Waals surface area contributed by atoms with E-state index in [1.54, 1.807) is 13.2 Å². The average Bonchev–Trinajstić information content (AvgIpc) is 3.37. The molecule has 0 fully saturated rings. The van der Waals surface area contributed by atoms with E-state index < -0.39 is 0 Å². The highest BCUT2D eigenvalue weighted by atomic mass is 127. The van der Waals surface area contributed by atoms with Gasteiger partial charge in [0.1, 0.15) is 11.3 Å². The van der Waals surface area contributed by atoms with Gasteiger partial charge in [0.15, 0.2) is 5.96 Å². The summed E-state index contributed by atoms with van der Waals surface area (Å²) in [5.41, 5.74) is 4.52. The molecule has 0 spiro atoms. The Kier molecular flexibility index (Phi) is 7.51. The van der Waals surface area contributed by atoms with Gasteiger partial charge in [-0.2, -0.15) is 5.10 Å². The van der Waals surface area contributed by atoms with E-state index in [1.807, 2.05) is 35.1 Å². The van der Waals surface area contributed by atoms with Gasteiger partial charge in [-0.15, -0.1) is 24.0 Å². The number of nitrogens with one attached hydrogen (secondary N) is 2. The predicted octanol–water partition coefficient (Wildman–Crippen LogP) is 4.47. The van der Waals surface area contributed by atoms with E-state index in [0.29, 0.717) is 13.1 Å². The molecule has 156 valence electrons.